The number of methoxy groups -OCH3 is 1. The van der Waals surface area contributed by atoms with Crippen molar-refractivity contribution in [3.05, 3.63) is 41.5 Å². The van der Waals surface area contributed by atoms with Crippen LogP contribution >= 0.6 is 24.0 Å². The molecule has 0 atom stereocenters. The maximum Gasteiger partial charge on any atom is 0.191 e. The number of aromatic nitrogens is 3. The molecule has 0 aliphatic carbocycles. The van der Waals surface area contributed by atoms with Crippen molar-refractivity contribution in [1.29, 1.82) is 0 Å². The number of nitrogens with zero attached hydrogens (tertiary/aromatic N) is 4. The van der Waals surface area contributed by atoms with Crippen LogP contribution in [0, 0.1) is 6.92 Å². The Bertz CT molecular complexity index is 653. The Morgan fingerprint density at radius 2 is 1.92 bits per heavy atom. The number of ether oxygens (including phenoxy) is 1. The fraction of sp³-hybridized carbons (Fsp3) is 0.438. The molecule has 0 bridgehead atoms. The van der Waals surface area contributed by atoms with E-state index >= 15 is 0 Å². The van der Waals surface area contributed by atoms with Gasteiger partial charge in [0, 0.05) is 13.6 Å². The van der Waals surface area contributed by atoms with E-state index in [-0.39, 0.29) is 24.0 Å². The normalized spacial score (nSPS) is 10.9. The molecular formula is C16H25IN6O. The van der Waals surface area contributed by atoms with Gasteiger partial charge in [-0.15, -0.1) is 34.2 Å². The van der Waals surface area contributed by atoms with E-state index in [1.165, 1.54) is 0 Å². The quantitative estimate of drug-likeness (QED) is 0.405. The Kier molecular flexibility index (Phi) is 8.51. The van der Waals surface area contributed by atoms with E-state index in [2.05, 4.69) is 25.8 Å². The number of hydrogen-bond donors (Lipinski definition) is 2. The van der Waals surface area contributed by atoms with Crippen molar-refractivity contribution in [2.45, 2.75) is 26.9 Å². The molecule has 132 valence electrons. The standard InChI is InChI=1S/C16H24N6O.HI/c1-5-17-16(19-11-15-21-20-12(2)22(15)3)18-10-13-6-8-14(23-4)9-7-13;/h6-9H,5,10-11H2,1-4H3,(H2,17,18,19);1H. The predicted molar refractivity (Wildman–Crippen MR) is 106 cm³/mol. The summed E-state index contributed by atoms with van der Waals surface area (Å²) < 4.78 is 7.12. The lowest BCUT2D eigenvalue weighted by molar-refractivity contribution is 0.414. The van der Waals surface area contributed by atoms with E-state index in [9.17, 15) is 0 Å². The summed E-state index contributed by atoms with van der Waals surface area (Å²) in [6, 6.07) is 7.90. The molecular weight excluding hydrogens is 419 g/mol. The molecule has 0 unspecified atom stereocenters. The first kappa shape index (κ1) is 20.2. The van der Waals surface area contributed by atoms with Gasteiger partial charge in [0.05, 0.1) is 20.2 Å². The van der Waals surface area contributed by atoms with Gasteiger partial charge >= 0.3 is 0 Å². The molecule has 0 aliphatic rings. The van der Waals surface area contributed by atoms with Crippen molar-refractivity contribution >= 4 is 29.9 Å². The Morgan fingerprint density at radius 3 is 2.46 bits per heavy atom. The number of halogens is 1. The van der Waals surface area contributed by atoms with E-state index in [1.54, 1.807) is 7.11 Å². The number of guanidine groups is 1. The van der Waals surface area contributed by atoms with Gasteiger partial charge in [0.15, 0.2) is 11.8 Å². The molecule has 2 N–H and O–H groups in total. The van der Waals surface area contributed by atoms with Crippen molar-refractivity contribution in [2.24, 2.45) is 12.0 Å². The summed E-state index contributed by atoms with van der Waals surface area (Å²) in [6.07, 6.45) is 0. The minimum absolute atomic E-state index is 0. The van der Waals surface area contributed by atoms with Gasteiger partial charge in [-0.05, 0) is 31.5 Å². The fourth-order valence-corrected chi connectivity index (χ4v) is 2.01. The van der Waals surface area contributed by atoms with Gasteiger partial charge < -0.3 is 19.9 Å². The lowest BCUT2D eigenvalue weighted by Gasteiger charge is -2.11. The number of aliphatic imine (C=N–C) groups is 1. The summed E-state index contributed by atoms with van der Waals surface area (Å²) in [5.41, 5.74) is 1.12. The summed E-state index contributed by atoms with van der Waals surface area (Å²) in [7, 11) is 3.61. The smallest absolute Gasteiger partial charge is 0.191 e. The molecule has 7 nitrogen and oxygen atoms in total. The molecule has 1 heterocycles. The Morgan fingerprint density at radius 1 is 1.21 bits per heavy atom. The van der Waals surface area contributed by atoms with Gasteiger partial charge in [-0.25, -0.2) is 4.99 Å². The van der Waals surface area contributed by atoms with Crippen LogP contribution in [0.2, 0.25) is 0 Å². The highest BCUT2D eigenvalue weighted by Gasteiger charge is 2.05. The van der Waals surface area contributed by atoms with Crippen LogP contribution in [0.15, 0.2) is 29.3 Å². The Balaban J connectivity index is 0.00000288. The summed E-state index contributed by atoms with van der Waals surface area (Å²) >= 11 is 0. The molecule has 0 saturated heterocycles. The Labute approximate surface area is 159 Å². The van der Waals surface area contributed by atoms with Crippen LogP contribution in [0.4, 0.5) is 0 Å². The molecule has 0 spiro atoms. The second-order valence-corrected chi connectivity index (χ2v) is 5.12. The number of aryl methyl sites for hydroxylation is 1. The van der Waals surface area contributed by atoms with Crippen molar-refractivity contribution in [3.8, 4) is 5.75 Å². The van der Waals surface area contributed by atoms with Gasteiger partial charge in [-0.2, -0.15) is 0 Å². The van der Waals surface area contributed by atoms with Crippen LogP contribution in [0.25, 0.3) is 0 Å². The summed E-state index contributed by atoms with van der Waals surface area (Å²) in [5.74, 6) is 3.36. The van der Waals surface area contributed by atoms with Gasteiger partial charge in [0.1, 0.15) is 11.6 Å². The van der Waals surface area contributed by atoms with E-state index in [0.29, 0.717) is 13.1 Å². The zero-order chi connectivity index (χ0) is 16.7. The topological polar surface area (TPSA) is 76.4 Å². The average Bonchev–Trinajstić information content (AvgIpc) is 2.89. The van der Waals surface area contributed by atoms with Crippen LogP contribution in [-0.4, -0.2) is 34.4 Å². The second-order valence-electron chi connectivity index (χ2n) is 5.12. The lowest BCUT2D eigenvalue weighted by atomic mass is 10.2. The molecule has 2 aromatic rings. The number of nitrogens with one attached hydrogen (secondary N) is 2. The first-order valence-corrected chi connectivity index (χ1v) is 7.64. The first-order valence-electron chi connectivity index (χ1n) is 7.64. The predicted octanol–water partition coefficient (Wildman–Crippen LogP) is 2.01. The van der Waals surface area contributed by atoms with Crippen LogP contribution in [0.3, 0.4) is 0 Å². The highest BCUT2D eigenvalue weighted by Crippen LogP contribution is 2.11. The SMILES string of the molecule is CCNC(=NCc1ccc(OC)cc1)NCc1nnc(C)n1C.I. The van der Waals surface area contributed by atoms with Crippen molar-refractivity contribution in [3.63, 3.8) is 0 Å². The van der Waals surface area contributed by atoms with Crippen LogP contribution < -0.4 is 15.4 Å². The van der Waals surface area contributed by atoms with Crippen LogP contribution in [-0.2, 0) is 20.1 Å². The zero-order valence-corrected chi connectivity index (χ0v) is 16.9. The molecule has 8 heteroatoms. The Hall–Kier alpha value is -1.84. The molecule has 0 radical (unpaired) electrons. The van der Waals surface area contributed by atoms with Gasteiger partial charge in [0.25, 0.3) is 0 Å². The lowest BCUT2D eigenvalue weighted by Crippen LogP contribution is -2.37. The molecule has 0 aliphatic heterocycles. The third-order valence-corrected chi connectivity index (χ3v) is 3.52. The van der Waals surface area contributed by atoms with Gasteiger partial charge in [0.2, 0.25) is 0 Å². The third-order valence-electron chi connectivity index (χ3n) is 3.52. The molecule has 0 fully saturated rings. The summed E-state index contributed by atoms with van der Waals surface area (Å²) in [4.78, 5) is 4.59. The van der Waals surface area contributed by atoms with Crippen LogP contribution in [0.5, 0.6) is 5.75 Å². The van der Waals surface area contributed by atoms with Gasteiger partial charge in [-0.1, -0.05) is 12.1 Å². The largest absolute Gasteiger partial charge is 0.497 e. The highest BCUT2D eigenvalue weighted by molar-refractivity contribution is 14.0. The van der Waals surface area contributed by atoms with Gasteiger partial charge in [-0.3, -0.25) is 0 Å². The maximum absolute atomic E-state index is 5.16. The third kappa shape index (κ3) is 5.66. The number of rotatable bonds is 6. The van der Waals surface area contributed by atoms with Crippen molar-refractivity contribution in [2.75, 3.05) is 13.7 Å². The first-order chi connectivity index (χ1) is 11.1. The van der Waals surface area contributed by atoms with Crippen molar-refractivity contribution in [1.82, 2.24) is 25.4 Å². The van der Waals surface area contributed by atoms with E-state index in [0.717, 1.165) is 35.5 Å². The maximum atomic E-state index is 5.16. The molecule has 0 amide bonds. The second kappa shape index (κ2) is 10.1. The number of benzene rings is 1. The average molecular weight is 444 g/mol. The molecule has 1 aromatic carbocycles. The molecule has 1 aromatic heterocycles. The van der Waals surface area contributed by atoms with E-state index in [4.69, 9.17) is 4.74 Å². The van der Waals surface area contributed by atoms with Crippen molar-refractivity contribution < 1.29 is 4.74 Å². The molecule has 2 rings (SSSR count). The molecule has 0 saturated carbocycles. The fourth-order valence-electron chi connectivity index (χ4n) is 2.01. The summed E-state index contributed by atoms with van der Waals surface area (Å²) in [5, 5.41) is 14.7. The number of hydrogen-bond acceptors (Lipinski definition) is 4. The zero-order valence-electron chi connectivity index (χ0n) is 14.5. The van der Waals surface area contributed by atoms with Crippen LogP contribution in [0.1, 0.15) is 24.1 Å². The highest BCUT2D eigenvalue weighted by atomic mass is 127. The minimum atomic E-state index is 0. The van der Waals surface area contributed by atoms with E-state index in [1.807, 2.05) is 49.7 Å². The minimum Gasteiger partial charge on any atom is -0.497 e. The summed E-state index contributed by atoms with van der Waals surface area (Å²) in [6.45, 7) is 5.94. The molecule has 24 heavy (non-hydrogen) atoms. The van der Waals surface area contributed by atoms with E-state index < -0.39 is 0 Å². The monoisotopic (exact) mass is 444 g/mol.